The van der Waals surface area contributed by atoms with Gasteiger partial charge in [-0.15, -0.1) is 0 Å². The topological polar surface area (TPSA) is 32.5 Å². The van der Waals surface area contributed by atoms with E-state index in [-0.39, 0.29) is 0 Å². The molecule has 1 fully saturated rings. The first-order chi connectivity index (χ1) is 7.65. The molecule has 2 atom stereocenters. The predicted octanol–water partition coefficient (Wildman–Crippen LogP) is 1.53. The Hall–Kier alpha value is -0.120. The molecule has 0 spiro atoms. The Morgan fingerprint density at radius 3 is 2.81 bits per heavy atom. The maximum Gasteiger partial charge on any atom is 0.0104 e. The molecule has 1 rings (SSSR count). The van der Waals surface area contributed by atoms with Crippen molar-refractivity contribution in [2.24, 2.45) is 5.73 Å². The molecule has 0 amide bonds. The fourth-order valence-electron chi connectivity index (χ4n) is 2.54. The molecule has 1 saturated heterocycles. The van der Waals surface area contributed by atoms with Gasteiger partial charge in [0.25, 0.3) is 0 Å². The van der Waals surface area contributed by atoms with Gasteiger partial charge in [-0.25, -0.2) is 0 Å². The van der Waals surface area contributed by atoms with E-state index in [0.29, 0.717) is 6.04 Å². The third kappa shape index (κ3) is 4.40. The summed E-state index contributed by atoms with van der Waals surface area (Å²) in [7, 11) is 4.50. The molecule has 0 aliphatic carbocycles. The van der Waals surface area contributed by atoms with Gasteiger partial charge in [-0.3, -0.25) is 0 Å². The van der Waals surface area contributed by atoms with Gasteiger partial charge in [-0.1, -0.05) is 6.42 Å². The van der Waals surface area contributed by atoms with Crippen molar-refractivity contribution in [3.05, 3.63) is 0 Å². The third-order valence-corrected chi connectivity index (χ3v) is 4.07. The quantitative estimate of drug-likeness (QED) is 0.747. The molecule has 0 aromatic rings. The first kappa shape index (κ1) is 13.9. The van der Waals surface area contributed by atoms with Crippen molar-refractivity contribution in [1.82, 2.24) is 9.80 Å². The van der Waals surface area contributed by atoms with Gasteiger partial charge in [0.15, 0.2) is 0 Å². The summed E-state index contributed by atoms with van der Waals surface area (Å²) in [5.41, 5.74) is 5.59. The van der Waals surface area contributed by atoms with Crippen LogP contribution in [0.2, 0.25) is 0 Å². The third-order valence-electron chi connectivity index (χ3n) is 4.07. The van der Waals surface area contributed by atoms with Crippen molar-refractivity contribution in [2.45, 2.75) is 51.1 Å². The summed E-state index contributed by atoms with van der Waals surface area (Å²) in [6, 6.07) is 1.43. The zero-order valence-corrected chi connectivity index (χ0v) is 11.3. The largest absolute Gasteiger partial charge is 0.330 e. The van der Waals surface area contributed by atoms with E-state index < -0.39 is 0 Å². The van der Waals surface area contributed by atoms with Gasteiger partial charge >= 0.3 is 0 Å². The van der Waals surface area contributed by atoms with Gasteiger partial charge in [0.05, 0.1) is 0 Å². The minimum Gasteiger partial charge on any atom is -0.330 e. The van der Waals surface area contributed by atoms with E-state index in [1.54, 1.807) is 0 Å². The highest BCUT2D eigenvalue weighted by Crippen LogP contribution is 2.18. The first-order valence-corrected chi connectivity index (χ1v) is 6.75. The molecule has 0 radical (unpaired) electrons. The maximum absolute atomic E-state index is 5.59. The van der Waals surface area contributed by atoms with E-state index >= 15 is 0 Å². The second kappa shape index (κ2) is 7.25. The Bertz CT molecular complexity index is 184. The molecule has 96 valence electrons. The maximum atomic E-state index is 5.59. The normalized spacial score (nSPS) is 24.9. The molecule has 1 aliphatic heterocycles. The zero-order chi connectivity index (χ0) is 12.0. The van der Waals surface area contributed by atoms with Gasteiger partial charge in [-0.05, 0) is 66.3 Å². The van der Waals surface area contributed by atoms with Crippen LogP contribution in [-0.4, -0.2) is 55.6 Å². The molecule has 0 bridgehead atoms. The van der Waals surface area contributed by atoms with Crippen LogP contribution in [0.4, 0.5) is 0 Å². The van der Waals surface area contributed by atoms with Gasteiger partial charge in [0, 0.05) is 12.1 Å². The molecule has 1 heterocycles. The Morgan fingerprint density at radius 2 is 2.19 bits per heavy atom. The van der Waals surface area contributed by atoms with E-state index in [4.69, 9.17) is 5.73 Å². The van der Waals surface area contributed by atoms with Crippen molar-refractivity contribution < 1.29 is 0 Å². The number of likely N-dealkylation sites (tertiary alicyclic amines) is 1. The van der Waals surface area contributed by atoms with Crippen molar-refractivity contribution in [2.75, 3.05) is 33.7 Å². The minimum absolute atomic E-state index is 0.624. The fraction of sp³-hybridized carbons (Fsp3) is 1.00. The second-order valence-corrected chi connectivity index (χ2v) is 5.33. The summed E-state index contributed by atoms with van der Waals surface area (Å²) < 4.78 is 0. The summed E-state index contributed by atoms with van der Waals surface area (Å²) in [6.07, 6.45) is 6.60. The number of rotatable bonds is 6. The highest BCUT2D eigenvalue weighted by molar-refractivity contribution is 4.76. The molecule has 16 heavy (non-hydrogen) atoms. The highest BCUT2D eigenvalue weighted by Gasteiger charge is 2.19. The Kier molecular flexibility index (Phi) is 6.32. The van der Waals surface area contributed by atoms with Crippen LogP contribution < -0.4 is 5.73 Å². The van der Waals surface area contributed by atoms with Crippen molar-refractivity contribution in [3.8, 4) is 0 Å². The highest BCUT2D eigenvalue weighted by atomic mass is 15.2. The van der Waals surface area contributed by atoms with E-state index in [9.17, 15) is 0 Å². The lowest BCUT2D eigenvalue weighted by Crippen LogP contribution is -2.40. The lowest BCUT2D eigenvalue weighted by molar-refractivity contribution is 0.149. The number of nitrogens with zero attached hydrogens (tertiary/aromatic N) is 2. The molecule has 1 aliphatic rings. The van der Waals surface area contributed by atoms with Crippen molar-refractivity contribution in [3.63, 3.8) is 0 Å². The average Bonchev–Trinajstić information content (AvgIpc) is 2.28. The number of hydrogen-bond acceptors (Lipinski definition) is 3. The first-order valence-electron chi connectivity index (χ1n) is 6.75. The molecular weight excluding hydrogens is 198 g/mol. The molecule has 0 aromatic heterocycles. The minimum atomic E-state index is 0.624. The Morgan fingerprint density at radius 1 is 1.44 bits per heavy atom. The average molecular weight is 227 g/mol. The Balaban J connectivity index is 2.21. The van der Waals surface area contributed by atoms with Crippen molar-refractivity contribution >= 4 is 0 Å². The van der Waals surface area contributed by atoms with Crippen LogP contribution in [0.1, 0.15) is 39.0 Å². The standard InChI is InChI=1S/C13H29N3/c1-12(7-9-14)15(2)11-8-13-6-4-5-10-16(13)3/h12-13H,4-11,14H2,1-3H3. The lowest BCUT2D eigenvalue weighted by Gasteiger charge is -2.34. The van der Waals surface area contributed by atoms with Gasteiger partial charge in [0.2, 0.25) is 0 Å². The van der Waals surface area contributed by atoms with Crippen molar-refractivity contribution in [1.29, 1.82) is 0 Å². The summed E-state index contributed by atoms with van der Waals surface area (Å²) in [5.74, 6) is 0. The van der Waals surface area contributed by atoms with Gasteiger partial charge in [0.1, 0.15) is 0 Å². The SMILES string of the molecule is CC(CCN)N(C)CCC1CCCCN1C. The summed E-state index contributed by atoms with van der Waals surface area (Å²) in [6.45, 7) is 5.56. The van der Waals surface area contributed by atoms with E-state index in [1.807, 2.05) is 0 Å². The van der Waals surface area contributed by atoms with Crippen LogP contribution in [0.3, 0.4) is 0 Å². The number of piperidine rings is 1. The lowest BCUT2D eigenvalue weighted by atomic mass is 10.00. The van der Waals surface area contributed by atoms with Crippen LogP contribution in [0.15, 0.2) is 0 Å². The van der Waals surface area contributed by atoms with E-state index in [1.165, 1.54) is 38.8 Å². The monoisotopic (exact) mass is 227 g/mol. The Labute approximate surface area is 101 Å². The number of nitrogens with two attached hydrogens (primary N) is 1. The number of hydrogen-bond donors (Lipinski definition) is 1. The molecule has 2 N–H and O–H groups in total. The molecule has 0 aromatic carbocycles. The smallest absolute Gasteiger partial charge is 0.0104 e. The van der Waals surface area contributed by atoms with E-state index in [2.05, 4.69) is 30.8 Å². The zero-order valence-electron chi connectivity index (χ0n) is 11.3. The molecule has 3 heteroatoms. The summed E-state index contributed by atoms with van der Waals surface area (Å²) in [4.78, 5) is 4.99. The summed E-state index contributed by atoms with van der Waals surface area (Å²) >= 11 is 0. The molecule has 3 nitrogen and oxygen atoms in total. The van der Waals surface area contributed by atoms with E-state index in [0.717, 1.165) is 19.0 Å². The van der Waals surface area contributed by atoms with Crippen LogP contribution in [0, 0.1) is 0 Å². The van der Waals surface area contributed by atoms with Crippen LogP contribution >= 0.6 is 0 Å². The molecular formula is C13H29N3. The molecule has 0 saturated carbocycles. The van der Waals surface area contributed by atoms with Crippen LogP contribution in [0.25, 0.3) is 0 Å². The van der Waals surface area contributed by atoms with Crippen LogP contribution in [-0.2, 0) is 0 Å². The van der Waals surface area contributed by atoms with Crippen LogP contribution in [0.5, 0.6) is 0 Å². The van der Waals surface area contributed by atoms with Gasteiger partial charge in [-0.2, -0.15) is 0 Å². The van der Waals surface area contributed by atoms with Gasteiger partial charge < -0.3 is 15.5 Å². The summed E-state index contributed by atoms with van der Waals surface area (Å²) in [5, 5.41) is 0. The fourth-order valence-corrected chi connectivity index (χ4v) is 2.54. The molecule has 2 unspecified atom stereocenters. The second-order valence-electron chi connectivity index (χ2n) is 5.33. The predicted molar refractivity (Wildman–Crippen MR) is 70.6 cm³/mol.